The van der Waals surface area contributed by atoms with Gasteiger partial charge in [-0.15, -0.1) is 0 Å². The Morgan fingerprint density at radius 3 is 2.89 bits per heavy atom. The van der Waals surface area contributed by atoms with Crippen LogP contribution in [0.5, 0.6) is 0 Å². The first-order valence-electron chi connectivity index (χ1n) is 5.64. The SMILES string of the molecule is COC(=O)C1CC(=O)N(c2ccc(C#N)c(Br)c2)C1. The lowest BCUT2D eigenvalue weighted by Gasteiger charge is -2.16. The van der Waals surface area contributed by atoms with E-state index in [2.05, 4.69) is 20.7 Å². The molecule has 1 amide bonds. The zero-order valence-corrected chi connectivity index (χ0v) is 11.8. The number of nitrogens with zero attached hydrogens (tertiary/aromatic N) is 2. The summed E-state index contributed by atoms with van der Waals surface area (Å²) in [4.78, 5) is 24.9. The number of benzene rings is 1. The summed E-state index contributed by atoms with van der Waals surface area (Å²) in [5.74, 6) is -0.914. The molecule has 1 atom stereocenters. The lowest BCUT2D eigenvalue weighted by molar-refractivity contribution is -0.145. The van der Waals surface area contributed by atoms with Gasteiger partial charge in [-0.3, -0.25) is 9.59 Å². The molecule has 1 unspecified atom stereocenters. The van der Waals surface area contributed by atoms with Crippen molar-refractivity contribution in [2.45, 2.75) is 6.42 Å². The third-order valence-electron chi connectivity index (χ3n) is 3.04. The molecule has 1 aliphatic heterocycles. The van der Waals surface area contributed by atoms with Gasteiger partial charge in [-0.1, -0.05) is 0 Å². The predicted octanol–water partition coefficient (Wildman–Crippen LogP) is 1.85. The maximum Gasteiger partial charge on any atom is 0.311 e. The number of anilines is 1. The van der Waals surface area contributed by atoms with Gasteiger partial charge in [0.25, 0.3) is 0 Å². The quantitative estimate of drug-likeness (QED) is 0.779. The van der Waals surface area contributed by atoms with E-state index >= 15 is 0 Å². The monoisotopic (exact) mass is 322 g/mol. The molecule has 1 heterocycles. The van der Waals surface area contributed by atoms with Gasteiger partial charge in [0.1, 0.15) is 6.07 Å². The van der Waals surface area contributed by atoms with Crippen LogP contribution in [0, 0.1) is 17.2 Å². The molecule has 1 aromatic rings. The molecule has 5 nitrogen and oxygen atoms in total. The minimum absolute atomic E-state index is 0.119. The van der Waals surface area contributed by atoms with Crippen LogP contribution in [0.2, 0.25) is 0 Å². The number of rotatable bonds is 2. The highest BCUT2D eigenvalue weighted by atomic mass is 79.9. The van der Waals surface area contributed by atoms with Crippen molar-refractivity contribution in [3.05, 3.63) is 28.2 Å². The molecule has 1 aromatic carbocycles. The largest absolute Gasteiger partial charge is 0.469 e. The number of carbonyl (C=O) groups is 2. The molecule has 2 rings (SSSR count). The van der Waals surface area contributed by atoms with E-state index in [-0.39, 0.29) is 18.3 Å². The van der Waals surface area contributed by atoms with Gasteiger partial charge >= 0.3 is 5.97 Å². The van der Waals surface area contributed by atoms with E-state index in [9.17, 15) is 9.59 Å². The van der Waals surface area contributed by atoms with Crippen molar-refractivity contribution < 1.29 is 14.3 Å². The number of nitriles is 1. The normalized spacial score (nSPS) is 18.3. The average molecular weight is 323 g/mol. The highest BCUT2D eigenvalue weighted by molar-refractivity contribution is 9.10. The molecular weight excluding hydrogens is 312 g/mol. The first kappa shape index (κ1) is 13.6. The Kier molecular flexibility index (Phi) is 3.86. The van der Waals surface area contributed by atoms with E-state index in [4.69, 9.17) is 5.26 Å². The van der Waals surface area contributed by atoms with Gasteiger partial charge in [0, 0.05) is 23.1 Å². The summed E-state index contributed by atoms with van der Waals surface area (Å²) in [7, 11) is 1.31. The van der Waals surface area contributed by atoms with E-state index in [1.807, 2.05) is 6.07 Å². The number of halogens is 1. The first-order chi connectivity index (χ1) is 9.06. The standard InChI is InChI=1S/C13H11BrN2O3/c1-19-13(18)9-4-12(17)16(7-9)10-3-2-8(6-15)11(14)5-10/h2-3,5,9H,4,7H2,1H3. The van der Waals surface area contributed by atoms with Gasteiger partial charge < -0.3 is 9.64 Å². The van der Waals surface area contributed by atoms with Gasteiger partial charge in [-0.05, 0) is 34.1 Å². The van der Waals surface area contributed by atoms with Crippen LogP contribution in [0.25, 0.3) is 0 Å². The number of hydrogen-bond acceptors (Lipinski definition) is 4. The topological polar surface area (TPSA) is 70.4 Å². The van der Waals surface area contributed by atoms with Crippen molar-refractivity contribution in [1.82, 2.24) is 0 Å². The van der Waals surface area contributed by atoms with E-state index < -0.39 is 5.92 Å². The highest BCUT2D eigenvalue weighted by Crippen LogP contribution is 2.29. The van der Waals surface area contributed by atoms with E-state index in [1.165, 1.54) is 12.0 Å². The molecule has 1 fully saturated rings. The van der Waals surface area contributed by atoms with Crippen LogP contribution in [0.4, 0.5) is 5.69 Å². The summed E-state index contributed by atoms with van der Waals surface area (Å²) < 4.78 is 5.28. The van der Waals surface area contributed by atoms with E-state index in [0.717, 1.165) is 0 Å². The second kappa shape index (κ2) is 5.41. The van der Waals surface area contributed by atoms with Crippen molar-refractivity contribution in [2.75, 3.05) is 18.6 Å². The van der Waals surface area contributed by atoms with Gasteiger partial charge in [0.05, 0.1) is 18.6 Å². The summed E-state index contributed by atoms with van der Waals surface area (Å²) in [5.41, 5.74) is 1.17. The van der Waals surface area contributed by atoms with Crippen molar-refractivity contribution in [3.63, 3.8) is 0 Å². The summed E-state index contributed by atoms with van der Waals surface area (Å²) >= 11 is 3.28. The number of carbonyl (C=O) groups excluding carboxylic acids is 2. The van der Waals surface area contributed by atoms with Crippen molar-refractivity contribution >= 4 is 33.5 Å². The molecule has 0 aliphatic carbocycles. The maximum absolute atomic E-state index is 11.9. The van der Waals surface area contributed by atoms with Gasteiger partial charge in [0.2, 0.25) is 5.91 Å². The van der Waals surface area contributed by atoms with Crippen LogP contribution < -0.4 is 4.90 Å². The fourth-order valence-electron chi connectivity index (χ4n) is 2.04. The summed E-state index contributed by atoms with van der Waals surface area (Å²) in [5, 5.41) is 8.85. The molecule has 98 valence electrons. The van der Waals surface area contributed by atoms with Crippen LogP contribution in [0.15, 0.2) is 22.7 Å². The first-order valence-corrected chi connectivity index (χ1v) is 6.44. The number of esters is 1. The number of hydrogen-bond donors (Lipinski definition) is 0. The van der Waals surface area contributed by atoms with Crippen molar-refractivity contribution in [2.24, 2.45) is 5.92 Å². The van der Waals surface area contributed by atoms with E-state index in [0.29, 0.717) is 22.3 Å². The molecule has 0 aromatic heterocycles. The average Bonchev–Trinajstić information content (AvgIpc) is 2.80. The summed E-state index contributed by atoms with van der Waals surface area (Å²) in [6.45, 7) is 0.309. The fourth-order valence-corrected chi connectivity index (χ4v) is 2.50. The molecule has 1 saturated heterocycles. The maximum atomic E-state index is 11.9. The van der Waals surface area contributed by atoms with E-state index in [1.54, 1.807) is 18.2 Å². The Hall–Kier alpha value is -1.87. The molecule has 6 heteroatoms. The van der Waals surface area contributed by atoms with Crippen molar-refractivity contribution in [1.29, 1.82) is 5.26 Å². The number of amides is 1. The Labute approximate surface area is 118 Å². The third kappa shape index (κ3) is 2.61. The third-order valence-corrected chi connectivity index (χ3v) is 3.70. The molecule has 0 N–H and O–H groups in total. The highest BCUT2D eigenvalue weighted by Gasteiger charge is 2.35. The Morgan fingerprint density at radius 1 is 1.58 bits per heavy atom. The number of ether oxygens (including phenoxy) is 1. The molecule has 1 aliphatic rings. The second-order valence-electron chi connectivity index (χ2n) is 4.20. The second-order valence-corrected chi connectivity index (χ2v) is 5.06. The Bertz CT molecular complexity index is 580. The molecule has 0 saturated carbocycles. The van der Waals surface area contributed by atoms with Crippen LogP contribution in [0.1, 0.15) is 12.0 Å². The molecule has 0 bridgehead atoms. The van der Waals surface area contributed by atoms with Gasteiger partial charge in [0.15, 0.2) is 0 Å². The van der Waals surface area contributed by atoms with Crippen LogP contribution >= 0.6 is 15.9 Å². The summed E-state index contributed by atoms with van der Waals surface area (Å²) in [6.07, 6.45) is 0.157. The smallest absolute Gasteiger partial charge is 0.311 e. The molecular formula is C13H11BrN2O3. The minimum Gasteiger partial charge on any atom is -0.469 e. The van der Waals surface area contributed by atoms with Gasteiger partial charge in [-0.25, -0.2) is 0 Å². The fraction of sp³-hybridized carbons (Fsp3) is 0.308. The van der Waals surface area contributed by atoms with Crippen molar-refractivity contribution in [3.8, 4) is 6.07 Å². The zero-order valence-electron chi connectivity index (χ0n) is 10.2. The van der Waals surface area contributed by atoms with Crippen LogP contribution in [0.3, 0.4) is 0 Å². The molecule has 0 spiro atoms. The predicted molar refractivity (Wildman–Crippen MR) is 71.3 cm³/mol. The zero-order chi connectivity index (χ0) is 14.0. The number of methoxy groups -OCH3 is 1. The Balaban J connectivity index is 2.24. The Morgan fingerprint density at radius 2 is 2.32 bits per heavy atom. The summed E-state index contributed by atoms with van der Waals surface area (Å²) in [6, 6.07) is 7.07. The minimum atomic E-state index is -0.424. The van der Waals surface area contributed by atoms with Crippen LogP contribution in [-0.4, -0.2) is 25.5 Å². The lowest BCUT2D eigenvalue weighted by Crippen LogP contribution is -2.26. The van der Waals surface area contributed by atoms with Gasteiger partial charge in [-0.2, -0.15) is 5.26 Å². The van der Waals surface area contributed by atoms with Crippen LogP contribution in [-0.2, 0) is 14.3 Å². The molecule has 0 radical (unpaired) electrons. The lowest BCUT2D eigenvalue weighted by atomic mass is 10.1. The molecule has 19 heavy (non-hydrogen) atoms.